The number of nitrogen functional groups attached to an aromatic ring is 1. The highest BCUT2D eigenvalue weighted by molar-refractivity contribution is 6.00. The summed E-state index contributed by atoms with van der Waals surface area (Å²) in [5.41, 5.74) is 6.58. The van der Waals surface area contributed by atoms with E-state index in [0.29, 0.717) is 29.2 Å². The van der Waals surface area contributed by atoms with E-state index in [1.165, 1.54) is 0 Å². The minimum atomic E-state index is -0.270. The van der Waals surface area contributed by atoms with Crippen LogP contribution in [-0.4, -0.2) is 30.5 Å². The predicted octanol–water partition coefficient (Wildman–Crippen LogP) is 1.13. The lowest BCUT2D eigenvalue weighted by Gasteiger charge is -2.22. The Labute approximate surface area is 117 Å². The Bertz CT molecular complexity index is 502. The number of hydrogen-bond acceptors (Lipinski definition) is 5. The van der Waals surface area contributed by atoms with Gasteiger partial charge in [0.15, 0.2) is 11.5 Å². The van der Waals surface area contributed by atoms with Gasteiger partial charge in [0.2, 0.25) is 6.79 Å². The molecule has 1 aliphatic rings. The molecule has 20 heavy (non-hydrogen) atoms. The van der Waals surface area contributed by atoms with Crippen molar-refractivity contribution in [3.8, 4) is 11.5 Å². The van der Waals surface area contributed by atoms with Gasteiger partial charge in [0.1, 0.15) is 0 Å². The highest BCUT2D eigenvalue weighted by Gasteiger charge is 2.22. The smallest absolute Gasteiger partial charge is 0.253 e. The van der Waals surface area contributed by atoms with Crippen LogP contribution in [0.1, 0.15) is 30.6 Å². The minimum absolute atomic E-state index is 0.0275. The van der Waals surface area contributed by atoms with Crippen LogP contribution in [0.2, 0.25) is 0 Å². The Morgan fingerprint density at radius 2 is 2.05 bits per heavy atom. The van der Waals surface area contributed by atoms with Gasteiger partial charge in [-0.25, -0.2) is 0 Å². The van der Waals surface area contributed by atoms with Gasteiger partial charge < -0.3 is 25.6 Å². The van der Waals surface area contributed by atoms with Crippen molar-refractivity contribution < 1.29 is 19.4 Å². The maximum Gasteiger partial charge on any atom is 0.253 e. The molecule has 0 aromatic heterocycles. The van der Waals surface area contributed by atoms with Crippen molar-refractivity contribution >= 4 is 11.6 Å². The Hall–Kier alpha value is -1.95. The van der Waals surface area contributed by atoms with E-state index in [1.54, 1.807) is 12.1 Å². The van der Waals surface area contributed by atoms with Gasteiger partial charge in [0.05, 0.1) is 5.56 Å². The average molecular weight is 280 g/mol. The zero-order chi connectivity index (χ0) is 14.7. The Balaban J connectivity index is 2.16. The molecular weight excluding hydrogens is 260 g/mol. The molecule has 0 spiro atoms. The number of benzene rings is 1. The van der Waals surface area contributed by atoms with Gasteiger partial charge in [-0.15, -0.1) is 0 Å². The van der Waals surface area contributed by atoms with E-state index in [4.69, 9.17) is 20.3 Å². The van der Waals surface area contributed by atoms with Crippen molar-refractivity contribution in [2.75, 3.05) is 19.1 Å². The standard InChI is InChI=1S/C14H20N2O4/c1-8(2)11(3-4-17)16-14(18)9-5-12-13(6-10(9)15)20-7-19-12/h5-6,8,11,17H,3-4,7,15H2,1-2H3,(H,16,18). The third kappa shape index (κ3) is 2.96. The van der Waals surface area contributed by atoms with Gasteiger partial charge in [0, 0.05) is 24.4 Å². The molecule has 0 bridgehead atoms. The fourth-order valence-electron chi connectivity index (χ4n) is 2.11. The zero-order valence-electron chi connectivity index (χ0n) is 11.7. The molecule has 1 unspecified atom stereocenters. The summed E-state index contributed by atoms with van der Waals surface area (Å²) in [5.74, 6) is 1.02. The molecule has 0 radical (unpaired) electrons. The van der Waals surface area contributed by atoms with E-state index in [9.17, 15) is 4.79 Å². The van der Waals surface area contributed by atoms with E-state index in [0.717, 1.165) is 0 Å². The maximum absolute atomic E-state index is 12.3. The van der Waals surface area contributed by atoms with Crippen molar-refractivity contribution in [3.63, 3.8) is 0 Å². The predicted molar refractivity (Wildman–Crippen MR) is 74.8 cm³/mol. The topological polar surface area (TPSA) is 93.8 Å². The van der Waals surface area contributed by atoms with E-state index in [-0.39, 0.29) is 31.3 Å². The SMILES string of the molecule is CC(C)C(CCO)NC(=O)c1cc2c(cc1N)OCO2. The van der Waals surface area contributed by atoms with Gasteiger partial charge in [0.25, 0.3) is 5.91 Å². The fraction of sp³-hybridized carbons (Fsp3) is 0.500. The fourth-order valence-corrected chi connectivity index (χ4v) is 2.11. The van der Waals surface area contributed by atoms with Crippen LogP contribution in [-0.2, 0) is 0 Å². The maximum atomic E-state index is 12.3. The summed E-state index contributed by atoms with van der Waals surface area (Å²) in [7, 11) is 0. The molecule has 0 saturated heterocycles. The second-order valence-corrected chi connectivity index (χ2v) is 5.13. The van der Waals surface area contributed by atoms with Gasteiger partial charge in [-0.2, -0.15) is 0 Å². The van der Waals surface area contributed by atoms with Crippen LogP contribution in [0, 0.1) is 5.92 Å². The molecule has 1 aromatic rings. The van der Waals surface area contributed by atoms with E-state index in [2.05, 4.69) is 5.32 Å². The molecule has 0 aliphatic carbocycles. The summed E-state index contributed by atoms with van der Waals surface area (Å²) >= 11 is 0. The van der Waals surface area contributed by atoms with Crippen molar-refractivity contribution in [2.45, 2.75) is 26.3 Å². The molecule has 1 aromatic carbocycles. The molecule has 6 heteroatoms. The highest BCUT2D eigenvalue weighted by atomic mass is 16.7. The molecule has 110 valence electrons. The van der Waals surface area contributed by atoms with E-state index < -0.39 is 0 Å². The van der Waals surface area contributed by atoms with Crippen molar-refractivity contribution in [1.29, 1.82) is 0 Å². The number of fused-ring (bicyclic) bond motifs is 1. The van der Waals surface area contributed by atoms with Gasteiger partial charge in [-0.3, -0.25) is 4.79 Å². The Morgan fingerprint density at radius 1 is 1.40 bits per heavy atom. The molecule has 1 amide bonds. The summed E-state index contributed by atoms with van der Waals surface area (Å²) in [4.78, 5) is 12.3. The van der Waals surface area contributed by atoms with E-state index >= 15 is 0 Å². The summed E-state index contributed by atoms with van der Waals surface area (Å²) in [6.45, 7) is 4.14. The van der Waals surface area contributed by atoms with Crippen LogP contribution >= 0.6 is 0 Å². The summed E-state index contributed by atoms with van der Waals surface area (Å²) in [6.07, 6.45) is 0.508. The van der Waals surface area contributed by atoms with Crippen molar-refractivity contribution in [1.82, 2.24) is 5.32 Å². The summed E-state index contributed by atoms with van der Waals surface area (Å²) < 4.78 is 10.5. The third-order valence-electron chi connectivity index (χ3n) is 3.35. The zero-order valence-corrected chi connectivity index (χ0v) is 11.7. The first-order valence-corrected chi connectivity index (χ1v) is 6.63. The number of amides is 1. The number of anilines is 1. The molecule has 0 fully saturated rings. The summed E-state index contributed by atoms with van der Waals surface area (Å²) in [6, 6.07) is 3.08. The number of ether oxygens (including phenoxy) is 2. The van der Waals surface area contributed by atoms with Crippen LogP contribution < -0.4 is 20.5 Å². The second kappa shape index (κ2) is 6.00. The molecule has 4 N–H and O–H groups in total. The highest BCUT2D eigenvalue weighted by Crippen LogP contribution is 2.35. The Morgan fingerprint density at radius 3 is 2.65 bits per heavy atom. The Kier molecular flexibility index (Phi) is 4.34. The molecule has 2 rings (SSSR count). The average Bonchev–Trinajstić information content (AvgIpc) is 2.83. The lowest BCUT2D eigenvalue weighted by Crippen LogP contribution is -2.39. The van der Waals surface area contributed by atoms with Crippen LogP contribution in [0.4, 0.5) is 5.69 Å². The first-order chi connectivity index (χ1) is 9.52. The number of carbonyl (C=O) groups is 1. The molecule has 6 nitrogen and oxygen atoms in total. The first-order valence-electron chi connectivity index (χ1n) is 6.63. The molecule has 1 aliphatic heterocycles. The van der Waals surface area contributed by atoms with Crippen molar-refractivity contribution in [2.24, 2.45) is 5.92 Å². The number of nitrogens with one attached hydrogen (secondary N) is 1. The summed E-state index contributed by atoms with van der Waals surface area (Å²) in [5, 5.41) is 11.9. The molecule has 1 atom stereocenters. The first kappa shape index (κ1) is 14.5. The number of rotatable bonds is 5. The van der Waals surface area contributed by atoms with Crippen molar-refractivity contribution in [3.05, 3.63) is 17.7 Å². The second-order valence-electron chi connectivity index (χ2n) is 5.13. The van der Waals surface area contributed by atoms with Gasteiger partial charge in [-0.05, 0) is 18.4 Å². The molecular formula is C14H20N2O4. The lowest BCUT2D eigenvalue weighted by atomic mass is 10.0. The van der Waals surface area contributed by atoms with Crippen LogP contribution in [0.25, 0.3) is 0 Å². The van der Waals surface area contributed by atoms with Crippen LogP contribution in [0.3, 0.4) is 0 Å². The monoisotopic (exact) mass is 280 g/mol. The lowest BCUT2D eigenvalue weighted by molar-refractivity contribution is 0.0917. The largest absolute Gasteiger partial charge is 0.454 e. The van der Waals surface area contributed by atoms with E-state index in [1.807, 2.05) is 13.8 Å². The minimum Gasteiger partial charge on any atom is -0.454 e. The number of aliphatic hydroxyl groups is 1. The van der Waals surface area contributed by atoms with Crippen LogP contribution in [0.15, 0.2) is 12.1 Å². The third-order valence-corrected chi connectivity index (χ3v) is 3.35. The molecule has 0 saturated carbocycles. The quantitative estimate of drug-likeness (QED) is 0.703. The van der Waals surface area contributed by atoms with Crippen LogP contribution in [0.5, 0.6) is 11.5 Å². The number of hydrogen-bond donors (Lipinski definition) is 3. The number of aliphatic hydroxyl groups excluding tert-OH is 1. The van der Waals surface area contributed by atoms with Gasteiger partial charge in [-0.1, -0.05) is 13.8 Å². The molecule has 1 heterocycles. The number of carbonyl (C=O) groups excluding carboxylic acids is 1. The number of nitrogens with two attached hydrogens (primary N) is 1. The van der Waals surface area contributed by atoms with Gasteiger partial charge >= 0.3 is 0 Å². The normalized spacial score (nSPS) is 14.4.